The zero-order valence-electron chi connectivity index (χ0n) is 5.68. The lowest BCUT2D eigenvalue weighted by atomic mass is 10.2. The van der Waals surface area contributed by atoms with Crippen LogP contribution in [-0.4, -0.2) is 4.98 Å². The van der Waals surface area contributed by atoms with Crippen molar-refractivity contribution in [3.05, 3.63) is 23.4 Å². The van der Waals surface area contributed by atoms with Crippen LogP contribution in [-0.2, 0) is 0 Å². The van der Waals surface area contributed by atoms with Gasteiger partial charge in [0.1, 0.15) is 0 Å². The molecule has 1 nitrogen and oxygen atoms in total. The second-order valence-electron chi connectivity index (χ2n) is 2.14. The zero-order valence-corrected chi connectivity index (χ0v) is 6.83. The average molecular weight is 139 g/mol. The van der Waals surface area contributed by atoms with Gasteiger partial charge in [0, 0.05) is 6.20 Å². The van der Waals surface area contributed by atoms with Gasteiger partial charge in [0.05, 0.1) is 5.44 Å². The molecule has 1 rings (SSSR count). The molecular formula is C7H10NP. The Morgan fingerprint density at radius 3 is 2.56 bits per heavy atom. The minimum atomic E-state index is 1.05. The smallest absolute Gasteiger partial charge is 0.0600 e. The number of aromatic nitrogens is 1. The fraction of sp³-hybridized carbons (Fsp3) is 0.286. The maximum atomic E-state index is 4.10. The lowest BCUT2D eigenvalue weighted by Crippen LogP contribution is -2.02. The van der Waals surface area contributed by atoms with Crippen LogP contribution in [0.4, 0.5) is 0 Å². The summed E-state index contributed by atoms with van der Waals surface area (Å²) in [5, 5.41) is 0. The molecule has 1 heterocycles. The summed E-state index contributed by atoms with van der Waals surface area (Å²) >= 11 is 0. The van der Waals surface area contributed by atoms with Gasteiger partial charge in [0.25, 0.3) is 0 Å². The molecule has 0 radical (unpaired) electrons. The van der Waals surface area contributed by atoms with Crippen LogP contribution in [0.3, 0.4) is 0 Å². The highest BCUT2D eigenvalue weighted by Crippen LogP contribution is 2.02. The van der Waals surface area contributed by atoms with E-state index in [4.69, 9.17) is 0 Å². The van der Waals surface area contributed by atoms with Gasteiger partial charge in [-0.05, 0) is 31.0 Å². The molecule has 0 fully saturated rings. The highest BCUT2D eigenvalue weighted by molar-refractivity contribution is 7.27. The zero-order chi connectivity index (χ0) is 6.85. The summed E-state index contributed by atoms with van der Waals surface area (Å²) in [6.07, 6.45) is 1.82. The summed E-state index contributed by atoms with van der Waals surface area (Å²) in [4.78, 5) is 4.10. The second kappa shape index (κ2) is 2.45. The van der Waals surface area contributed by atoms with Crippen molar-refractivity contribution in [3.8, 4) is 0 Å². The molecule has 1 aromatic heterocycles. The van der Waals surface area contributed by atoms with E-state index in [1.807, 2.05) is 12.3 Å². The molecule has 48 valence electrons. The molecule has 1 atom stereocenters. The van der Waals surface area contributed by atoms with Crippen LogP contribution in [0.25, 0.3) is 0 Å². The lowest BCUT2D eigenvalue weighted by molar-refractivity contribution is 1.27. The number of rotatable bonds is 0. The van der Waals surface area contributed by atoms with Crippen molar-refractivity contribution in [1.29, 1.82) is 0 Å². The third kappa shape index (κ3) is 1.28. The molecule has 1 aromatic rings. The number of hydrogen-bond donors (Lipinski definition) is 0. The van der Waals surface area contributed by atoms with Crippen LogP contribution in [0.15, 0.2) is 12.3 Å². The molecule has 0 aromatic carbocycles. The highest BCUT2D eigenvalue weighted by atomic mass is 31.0. The third-order valence-corrected chi connectivity index (χ3v) is 2.10. The topological polar surface area (TPSA) is 12.9 Å². The Bertz CT molecular complexity index is 200. The van der Waals surface area contributed by atoms with Gasteiger partial charge >= 0.3 is 0 Å². The maximum Gasteiger partial charge on any atom is 0.0600 e. The van der Waals surface area contributed by atoms with Crippen LogP contribution in [0.1, 0.15) is 11.1 Å². The predicted molar refractivity (Wildman–Crippen MR) is 43.1 cm³/mol. The summed E-state index contributed by atoms with van der Waals surface area (Å²) in [6, 6.07) is 2.02. The van der Waals surface area contributed by atoms with Crippen molar-refractivity contribution in [1.82, 2.24) is 4.98 Å². The fourth-order valence-electron chi connectivity index (χ4n) is 0.653. The fourth-order valence-corrected chi connectivity index (χ4v) is 0.967. The molecule has 1 unspecified atom stereocenters. The molecule has 0 bridgehead atoms. The minimum absolute atomic E-state index is 1.05. The standard InChI is InChI=1S/C7H10NP/c1-5-3-4-8-7(9)6(5)2/h3-4H,9H2,1-2H3. The van der Waals surface area contributed by atoms with E-state index < -0.39 is 0 Å². The molecule has 0 aliphatic carbocycles. The van der Waals surface area contributed by atoms with Crippen LogP contribution >= 0.6 is 9.24 Å². The Kier molecular flexibility index (Phi) is 1.82. The first kappa shape index (κ1) is 6.70. The van der Waals surface area contributed by atoms with E-state index >= 15 is 0 Å². The number of hydrogen-bond acceptors (Lipinski definition) is 1. The molecule has 9 heavy (non-hydrogen) atoms. The van der Waals surface area contributed by atoms with E-state index in [0.29, 0.717) is 0 Å². The van der Waals surface area contributed by atoms with E-state index in [1.54, 1.807) is 0 Å². The first-order valence-corrected chi connectivity index (χ1v) is 3.47. The van der Waals surface area contributed by atoms with Gasteiger partial charge < -0.3 is 0 Å². The molecular weight excluding hydrogens is 129 g/mol. The first-order chi connectivity index (χ1) is 4.22. The molecule has 0 aliphatic rings. The monoisotopic (exact) mass is 139 g/mol. The second-order valence-corrected chi connectivity index (χ2v) is 2.68. The molecule has 0 aliphatic heterocycles. The van der Waals surface area contributed by atoms with Crippen molar-refractivity contribution in [2.75, 3.05) is 0 Å². The number of pyridine rings is 1. The lowest BCUT2D eigenvalue weighted by Gasteiger charge is -1.99. The van der Waals surface area contributed by atoms with Gasteiger partial charge in [0.2, 0.25) is 0 Å². The van der Waals surface area contributed by atoms with Gasteiger partial charge in [-0.15, -0.1) is 0 Å². The largest absolute Gasteiger partial charge is 0.257 e. The predicted octanol–water partition coefficient (Wildman–Crippen LogP) is 1.20. The highest BCUT2D eigenvalue weighted by Gasteiger charge is 1.93. The van der Waals surface area contributed by atoms with Crippen molar-refractivity contribution in [2.45, 2.75) is 13.8 Å². The van der Waals surface area contributed by atoms with Crippen LogP contribution in [0.2, 0.25) is 0 Å². The molecule has 0 saturated carbocycles. The van der Waals surface area contributed by atoms with Gasteiger partial charge in [-0.1, -0.05) is 9.24 Å². The molecule has 0 spiro atoms. The maximum absolute atomic E-state index is 4.10. The normalized spacial score (nSPS) is 9.67. The van der Waals surface area contributed by atoms with Crippen molar-refractivity contribution >= 4 is 14.7 Å². The van der Waals surface area contributed by atoms with Gasteiger partial charge in [-0.3, -0.25) is 4.98 Å². The van der Waals surface area contributed by atoms with Crippen LogP contribution in [0, 0.1) is 13.8 Å². The first-order valence-electron chi connectivity index (χ1n) is 2.89. The Hall–Kier alpha value is -0.420. The van der Waals surface area contributed by atoms with E-state index in [-0.39, 0.29) is 0 Å². The van der Waals surface area contributed by atoms with E-state index in [0.717, 1.165) is 5.44 Å². The molecule has 2 heteroatoms. The van der Waals surface area contributed by atoms with E-state index in [9.17, 15) is 0 Å². The number of nitrogens with zero attached hydrogens (tertiary/aromatic N) is 1. The SMILES string of the molecule is Cc1ccnc(P)c1C. The molecule has 0 amide bonds. The quantitative estimate of drug-likeness (QED) is 0.492. The summed E-state index contributed by atoms with van der Waals surface area (Å²) in [5.41, 5.74) is 3.62. The third-order valence-electron chi connectivity index (χ3n) is 1.51. The minimum Gasteiger partial charge on any atom is -0.257 e. The van der Waals surface area contributed by atoms with Crippen molar-refractivity contribution < 1.29 is 0 Å². The summed E-state index contributed by atoms with van der Waals surface area (Å²) in [7, 11) is 2.61. The van der Waals surface area contributed by atoms with Gasteiger partial charge in [-0.25, -0.2) is 0 Å². The average Bonchev–Trinajstić information content (AvgIpc) is 1.83. The Balaban J connectivity index is 3.25. The molecule has 0 N–H and O–H groups in total. The Morgan fingerprint density at radius 1 is 1.44 bits per heavy atom. The van der Waals surface area contributed by atoms with Crippen LogP contribution in [0.5, 0.6) is 0 Å². The van der Waals surface area contributed by atoms with Gasteiger partial charge in [-0.2, -0.15) is 0 Å². The summed E-state index contributed by atoms with van der Waals surface area (Å²) < 4.78 is 0. The Labute approximate surface area is 57.7 Å². The summed E-state index contributed by atoms with van der Waals surface area (Å²) in [6.45, 7) is 4.16. The van der Waals surface area contributed by atoms with Crippen LogP contribution < -0.4 is 5.44 Å². The van der Waals surface area contributed by atoms with E-state index in [1.165, 1.54) is 11.1 Å². The van der Waals surface area contributed by atoms with Crippen molar-refractivity contribution in [2.24, 2.45) is 0 Å². The van der Waals surface area contributed by atoms with Crippen molar-refractivity contribution in [3.63, 3.8) is 0 Å². The van der Waals surface area contributed by atoms with E-state index in [2.05, 4.69) is 28.1 Å². The van der Waals surface area contributed by atoms with Gasteiger partial charge in [0.15, 0.2) is 0 Å². The Morgan fingerprint density at radius 2 is 2.11 bits per heavy atom. The summed E-state index contributed by atoms with van der Waals surface area (Å²) in [5.74, 6) is 0. The molecule has 0 saturated heterocycles. The number of aryl methyl sites for hydroxylation is 1.